The number of likely N-dealkylation sites (tertiary alicyclic amines) is 1. The molecule has 0 bridgehead atoms. The van der Waals surface area contributed by atoms with Gasteiger partial charge in [-0.25, -0.2) is 4.99 Å². The average molecular weight is 499 g/mol. The summed E-state index contributed by atoms with van der Waals surface area (Å²) in [7, 11) is 0. The second kappa shape index (κ2) is 9.67. The predicted molar refractivity (Wildman–Crippen MR) is 134 cm³/mol. The summed E-state index contributed by atoms with van der Waals surface area (Å²) >= 11 is 4.99. The number of halogens is 1. The van der Waals surface area contributed by atoms with E-state index in [0.29, 0.717) is 5.75 Å². The van der Waals surface area contributed by atoms with Crippen LogP contribution in [-0.2, 0) is 4.79 Å². The molecule has 2 aromatic rings. The van der Waals surface area contributed by atoms with Crippen LogP contribution >= 0.6 is 27.7 Å². The lowest BCUT2D eigenvalue weighted by atomic mass is 9.98. The topological polar surface area (TPSA) is 57.1 Å². The monoisotopic (exact) mass is 498 g/mol. The maximum Gasteiger partial charge on any atom is 0.234 e. The van der Waals surface area contributed by atoms with Crippen molar-refractivity contribution in [3.8, 4) is 0 Å². The molecule has 31 heavy (non-hydrogen) atoms. The molecule has 1 spiro atoms. The SMILES string of the molecule is CCN1CCC2(CC1)N=C(SCC(=O)Nc1ccccc1C)C(c1ccc(Br)cc1)=N2. The Hall–Kier alpha value is -1.96. The lowest BCUT2D eigenvalue weighted by Crippen LogP contribution is -2.41. The smallest absolute Gasteiger partial charge is 0.234 e. The Morgan fingerprint density at radius 3 is 2.52 bits per heavy atom. The van der Waals surface area contributed by atoms with Gasteiger partial charge in [0.25, 0.3) is 0 Å². The summed E-state index contributed by atoms with van der Waals surface area (Å²) in [5.41, 5.74) is 3.47. The lowest BCUT2D eigenvalue weighted by molar-refractivity contribution is -0.113. The van der Waals surface area contributed by atoms with Crippen molar-refractivity contribution in [2.75, 3.05) is 30.7 Å². The number of aryl methyl sites for hydroxylation is 1. The van der Waals surface area contributed by atoms with Crippen LogP contribution in [0.2, 0.25) is 0 Å². The van der Waals surface area contributed by atoms with Crippen LogP contribution < -0.4 is 5.32 Å². The molecule has 2 aliphatic heterocycles. The summed E-state index contributed by atoms with van der Waals surface area (Å²) in [5.74, 6) is 0.277. The molecule has 1 saturated heterocycles. The van der Waals surface area contributed by atoms with Crippen LogP contribution in [0.15, 0.2) is 63.0 Å². The van der Waals surface area contributed by atoms with Gasteiger partial charge in [-0.1, -0.05) is 64.9 Å². The number of carbonyl (C=O) groups is 1. The first-order valence-corrected chi connectivity index (χ1v) is 12.4. The number of para-hydroxylation sites is 1. The number of nitrogens with zero attached hydrogens (tertiary/aromatic N) is 3. The molecule has 2 heterocycles. The molecule has 4 rings (SSSR count). The first-order chi connectivity index (χ1) is 15.0. The van der Waals surface area contributed by atoms with Gasteiger partial charge in [-0.05, 0) is 37.2 Å². The lowest BCUT2D eigenvalue weighted by Gasteiger charge is -2.34. The van der Waals surface area contributed by atoms with Gasteiger partial charge in [0.05, 0.1) is 11.5 Å². The third kappa shape index (κ3) is 5.27. The average Bonchev–Trinajstić information content (AvgIpc) is 3.13. The fourth-order valence-electron chi connectivity index (χ4n) is 3.90. The molecule has 1 amide bonds. The van der Waals surface area contributed by atoms with Gasteiger partial charge in [0.15, 0.2) is 5.66 Å². The van der Waals surface area contributed by atoms with Crippen molar-refractivity contribution in [1.29, 1.82) is 0 Å². The summed E-state index contributed by atoms with van der Waals surface area (Å²) in [6.45, 7) is 7.25. The number of hydrogen-bond acceptors (Lipinski definition) is 5. The number of rotatable bonds is 5. The summed E-state index contributed by atoms with van der Waals surface area (Å²) in [6, 6.07) is 16.0. The van der Waals surface area contributed by atoms with Crippen LogP contribution in [-0.4, -0.2) is 52.6 Å². The number of carbonyl (C=O) groups excluding carboxylic acids is 1. The number of aliphatic imine (C=N–C) groups is 2. The van der Waals surface area contributed by atoms with Crippen LogP contribution in [0, 0.1) is 6.92 Å². The Morgan fingerprint density at radius 2 is 1.84 bits per heavy atom. The van der Waals surface area contributed by atoms with E-state index in [9.17, 15) is 4.79 Å². The normalized spacial score (nSPS) is 18.0. The number of amides is 1. The molecule has 0 atom stereocenters. The zero-order valence-electron chi connectivity index (χ0n) is 17.9. The number of piperidine rings is 1. The van der Waals surface area contributed by atoms with E-state index < -0.39 is 0 Å². The van der Waals surface area contributed by atoms with E-state index in [1.165, 1.54) is 11.8 Å². The number of hydrogen-bond donors (Lipinski definition) is 1. The van der Waals surface area contributed by atoms with Gasteiger partial charge in [-0.15, -0.1) is 0 Å². The van der Waals surface area contributed by atoms with E-state index in [-0.39, 0.29) is 11.6 Å². The number of nitrogens with one attached hydrogen (secondary N) is 1. The van der Waals surface area contributed by atoms with Crippen molar-refractivity contribution in [2.24, 2.45) is 9.98 Å². The summed E-state index contributed by atoms with van der Waals surface area (Å²) in [6.07, 6.45) is 1.83. The Kier molecular flexibility index (Phi) is 6.94. The Morgan fingerprint density at radius 1 is 1.13 bits per heavy atom. The van der Waals surface area contributed by atoms with E-state index in [0.717, 1.165) is 64.5 Å². The van der Waals surface area contributed by atoms with Gasteiger partial charge in [-0.2, -0.15) is 0 Å². The van der Waals surface area contributed by atoms with Gasteiger partial charge < -0.3 is 10.2 Å². The fraction of sp³-hybridized carbons (Fsp3) is 0.375. The molecule has 0 aliphatic carbocycles. The van der Waals surface area contributed by atoms with E-state index in [4.69, 9.17) is 9.98 Å². The number of anilines is 1. The Bertz CT molecular complexity index is 1010. The molecule has 2 aromatic carbocycles. The molecule has 7 heteroatoms. The third-order valence-electron chi connectivity index (χ3n) is 5.81. The van der Waals surface area contributed by atoms with Gasteiger partial charge in [0.2, 0.25) is 5.91 Å². The molecular formula is C24H27BrN4OS. The molecule has 0 aromatic heterocycles. The van der Waals surface area contributed by atoms with Crippen LogP contribution in [0.3, 0.4) is 0 Å². The van der Waals surface area contributed by atoms with E-state index >= 15 is 0 Å². The first kappa shape index (κ1) is 22.2. The molecule has 0 saturated carbocycles. The summed E-state index contributed by atoms with van der Waals surface area (Å²) in [4.78, 5) is 25.3. The quantitative estimate of drug-likeness (QED) is 0.620. The maximum absolute atomic E-state index is 12.6. The van der Waals surface area contributed by atoms with Gasteiger partial charge in [0.1, 0.15) is 5.04 Å². The largest absolute Gasteiger partial charge is 0.325 e. The summed E-state index contributed by atoms with van der Waals surface area (Å²) < 4.78 is 1.03. The Labute approximate surface area is 196 Å². The Balaban J connectivity index is 1.51. The minimum atomic E-state index is -0.386. The highest BCUT2D eigenvalue weighted by Crippen LogP contribution is 2.35. The highest BCUT2D eigenvalue weighted by atomic mass is 79.9. The highest BCUT2D eigenvalue weighted by molar-refractivity contribution is 9.10. The zero-order chi connectivity index (χ0) is 21.8. The van der Waals surface area contributed by atoms with Crippen molar-refractivity contribution in [1.82, 2.24) is 4.90 Å². The van der Waals surface area contributed by atoms with Crippen LogP contribution in [0.1, 0.15) is 30.9 Å². The van der Waals surface area contributed by atoms with Crippen LogP contribution in [0.5, 0.6) is 0 Å². The summed E-state index contributed by atoms with van der Waals surface area (Å²) in [5, 5.41) is 3.88. The van der Waals surface area contributed by atoms with E-state index in [2.05, 4.69) is 45.2 Å². The minimum Gasteiger partial charge on any atom is -0.325 e. The molecule has 0 unspecified atom stereocenters. The van der Waals surface area contributed by atoms with Gasteiger partial charge in [-0.3, -0.25) is 9.79 Å². The van der Waals surface area contributed by atoms with Crippen molar-refractivity contribution in [3.05, 3.63) is 64.1 Å². The molecule has 1 N–H and O–H groups in total. The first-order valence-electron chi connectivity index (χ1n) is 10.6. The van der Waals surface area contributed by atoms with Crippen molar-refractivity contribution < 1.29 is 4.79 Å². The van der Waals surface area contributed by atoms with Crippen LogP contribution in [0.4, 0.5) is 5.69 Å². The highest BCUT2D eigenvalue weighted by Gasteiger charge is 2.39. The molecule has 1 fully saturated rings. The number of thioether (sulfide) groups is 1. The standard InChI is InChI=1S/C24H27BrN4OS/c1-3-29-14-12-24(13-15-29)27-22(18-8-10-19(25)11-9-18)23(28-24)31-16-21(30)26-20-7-5-4-6-17(20)2/h4-11H,3,12-16H2,1-2H3,(H,26,30). The maximum atomic E-state index is 12.6. The van der Waals surface area contributed by atoms with Gasteiger partial charge in [0, 0.05) is 41.7 Å². The van der Waals surface area contributed by atoms with Crippen molar-refractivity contribution in [3.63, 3.8) is 0 Å². The van der Waals surface area contributed by atoms with Crippen LogP contribution in [0.25, 0.3) is 0 Å². The molecule has 0 radical (unpaired) electrons. The minimum absolute atomic E-state index is 0.0288. The predicted octanol–water partition coefficient (Wildman–Crippen LogP) is 5.14. The second-order valence-corrected chi connectivity index (χ2v) is 9.83. The molecule has 2 aliphatic rings. The van der Waals surface area contributed by atoms with E-state index in [1.807, 2.05) is 43.3 Å². The second-order valence-electron chi connectivity index (χ2n) is 7.95. The molecular weight excluding hydrogens is 472 g/mol. The van der Waals surface area contributed by atoms with Gasteiger partial charge >= 0.3 is 0 Å². The zero-order valence-corrected chi connectivity index (χ0v) is 20.3. The molecule has 5 nitrogen and oxygen atoms in total. The molecule has 162 valence electrons. The third-order valence-corrected chi connectivity index (χ3v) is 7.31. The van der Waals surface area contributed by atoms with E-state index in [1.54, 1.807) is 0 Å². The van der Waals surface area contributed by atoms with Crippen molar-refractivity contribution >= 4 is 50.0 Å². The van der Waals surface area contributed by atoms with Crippen molar-refractivity contribution in [2.45, 2.75) is 32.4 Å². The number of benzene rings is 2. The fourth-order valence-corrected chi connectivity index (χ4v) is 5.04.